The highest BCUT2D eigenvalue weighted by atomic mass is 79.9. The average Bonchev–Trinajstić information content (AvgIpc) is 2.45. The van der Waals surface area contributed by atoms with Crippen LogP contribution in [0, 0.1) is 0 Å². The van der Waals surface area contributed by atoms with Gasteiger partial charge in [0.2, 0.25) is 0 Å². The van der Waals surface area contributed by atoms with Crippen LogP contribution in [0.3, 0.4) is 0 Å². The van der Waals surface area contributed by atoms with E-state index in [1.54, 1.807) is 19.2 Å². The number of nitrogen functional groups attached to an aromatic ring is 1. The zero-order valence-corrected chi connectivity index (χ0v) is 13.9. The summed E-state index contributed by atoms with van der Waals surface area (Å²) in [5.41, 5.74) is 7.10. The van der Waals surface area contributed by atoms with E-state index in [9.17, 15) is 8.42 Å². The smallest absolute Gasteiger partial charge is 0.179 e. The molecule has 0 spiro atoms. The van der Waals surface area contributed by atoms with Gasteiger partial charge in [-0.05, 0) is 58.2 Å². The van der Waals surface area contributed by atoms with Crippen LogP contribution in [0.1, 0.15) is 5.56 Å². The Morgan fingerprint density at radius 2 is 1.81 bits per heavy atom. The van der Waals surface area contributed by atoms with Crippen molar-refractivity contribution in [3.8, 4) is 5.75 Å². The van der Waals surface area contributed by atoms with Crippen molar-refractivity contribution in [1.82, 2.24) is 0 Å². The van der Waals surface area contributed by atoms with Crippen molar-refractivity contribution in [3.63, 3.8) is 0 Å². The number of rotatable bonds is 5. The van der Waals surface area contributed by atoms with Crippen LogP contribution < -0.4 is 10.5 Å². The van der Waals surface area contributed by atoms with Gasteiger partial charge in [-0.15, -0.1) is 0 Å². The summed E-state index contributed by atoms with van der Waals surface area (Å²) in [4.78, 5) is 0.269. The Balaban J connectivity index is 2.13. The molecule has 4 nitrogen and oxygen atoms in total. The van der Waals surface area contributed by atoms with Crippen LogP contribution in [-0.2, 0) is 16.3 Å². The summed E-state index contributed by atoms with van der Waals surface area (Å²) in [7, 11) is -1.76. The second kappa shape index (κ2) is 6.49. The molecule has 0 saturated carbocycles. The second-order valence-electron chi connectivity index (χ2n) is 4.61. The lowest BCUT2D eigenvalue weighted by atomic mass is 10.2. The standard InChI is InChI=1S/C15H16BrNO3S/c1-20-13-5-2-11(3-6-13)8-9-21(18,19)15-7-4-12(17)10-14(15)16/h2-7,10H,8-9,17H2,1H3. The molecule has 21 heavy (non-hydrogen) atoms. The van der Waals surface area contributed by atoms with E-state index in [2.05, 4.69) is 15.9 Å². The highest BCUT2D eigenvalue weighted by Gasteiger charge is 2.17. The molecule has 0 aliphatic carbocycles. The molecule has 112 valence electrons. The lowest BCUT2D eigenvalue weighted by molar-refractivity contribution is 0.414. The molecule has 0 radical (unpaired) electrons. The minimum absolute atomic E-state index is 0.0435. The zero-order chi connectivity index (χ0) is 15.5. The van der Waals surface area contributed by atoms with Crippen molar-refractivity contribution in [3.05, 3.63) is 52.5 Å². The Kier molecular flexibility index (Phi) is 4.90. The predicted octanol–water partition coefficient (Wildman–Crippen LogP) is 3.06. The van der Waals surface area contributed by atoms with Crippen LogP contribution in [0.25, 0.3) is 0 Å². The molecule has 0 aliphatic heterocycles. The van der Waals surface area contributed by atoms with Crippen molar-refractivity contribution < 1.29 is 13.2 Å². The average molecular weight is 370 g/mol. The van der Waals surface area contributed by atoms with E-state index >= 15 is 0 Å². The Bertz CT molecular complexity index is 727. The molecule has 0 amide bonds. The molecule has 0 fully saturated rings. The Morgan fingerprint density at radius 1 is 1.14 bits per heavy atom. The van der Waals surface area contributed by atoms with Crippen molar-refractivity contribution >= 4 is 31.5 Å². The minimum atomic E-state index is -3.36. The van der Waals surface area contributed by atoms with Gasteiger partial charge in [0.1, 0.15) is 5.75 Å². The van der Waals surface area contributed by atoms with E-state index < -0.39 is 9.84 Å². The highest BCUT2D eigenvalue weighted by molar-refractivity contribution is 9.10. The largest absolute Gasteiger partial charge is 0.497 e. The van der Waals surface area contributed by atoms with E-state index in [-0.39, 0.29) is 10.6 Å². The lowest BCUT2D eigenvalue weighted by Crippen LogP contribution is -2.10. The van der Waals surface area contributed by atoms with E-state index in [0.717, 1.165) is 11.3 Å². The lowest BCUT2D eigenvalue weighted by Gasteiger charge is -2.08. The van der Waals surface area contributed by atoms with Crippen LogP contribution in [0.4, 0.5) is 5.69 Å². The van der Waals surface area contributed by atoms with Crippen LogP contribution >= 0.6 is 15.9 Å². The van der Waals surface area contributed by atoms with E-state index in [4.69, 9.17) is 10.5 Å². The van der Waals surface area contributed by atoms with Gasteiger partial charge in [-0.2, -0.15) is 0 Å². The summed E-state index contributed by atoms with van der Waals surface area (Å²) < 4.78 is 30.3. The van der Waals surface area contributed by atoms with Gasteiger partial charge in [-0.3, -0.25) is 0 Å². The molecule has 6 heteroatoms. The maximum absolute atomic E-state index is 12.4. The molecule has 2 aromatic rings. The molecule has 0 saturated heterocycles. The van der Waals surface area contributed by atoms with Crippen LogP contribution in [0.15, 0.2) is 51.8 Å². The summed E-state index contributed by atoms with van der Waals surface area (Å²) in [6.45, 7) is 0. The molecule has 0 atom stereocenters. The summed E-state index contributed by atoms with van der Waals surface area (Å²) in [5, 5.41) is 0. The number of aryl methyl sites for hydroxylation is 1. The van der Waals surface area contributed by atoms with E-state index in [1.165, 1.54) is 6.07 Å². The maximum Gasteiger partial charge on any atom is 0.179 e. The zero-order valence-electron chi connectivity index (χ0n) is 11.5. The molecule has 2 aromatic carbocycles. The molecule has 0 aromatic heterocycles. The van der Waals surface area contributed by atoms with Gasteiger partial charge >= 0.3 is 0 Å². The summed E-state index contributed by atoms with van der Waals surface area (Å²) in [5.74, 6) is 0.796. The molecular weight excluding hydrogens is 354 g/mol. The molecule has 2 rings (SSSR count). The van der Waals surface area contributed by atoms with Crippen LogP contribution in [-0.4, -0.2) is 21.3 Å². The number of ether oxygens (including phenoxy) is 1. The third kappa shape index (κ3) is 3.98. The van der Waals surface area contributed by atoms with Crippen LogP contribution in [0.5, 0.6) is 5.75 Å². The first kappa shape index (κ1) is 15.9. The summed E-state index contributed by atoms with van der Waals surface area (Å²) in [6, 6.07) is 12.1. The number of hydrogen-bond donors (Lipinski definition) is 1. The predicted molar refractivity (Wildman–Crippen MR) is 87.3 cm³/mol. The molecule has 0 unspecified atom stereocenters. The molecular formula is C15H16BrNO3S. The third-order valence-electron chi connectivity index (χ3n) is 3.11. The first-order valence-electron chi connectivity index (χ1n) is 6.33. The molecule has 0 bridgehead atoms. The van der Waals surface area contributed by atoms with Gasteiger partial charge in [0, 0.05) is 10.2 Å². The maximum atomic E-state index is 12.4. The Labute approximate surface area is 133 Å². The first-order valence-corrected chi connectivity index (χ1v) is 8.77. The Morgan fingerprint density at radius 3 is 2.38 bits per heavy atom. The van der Waals surface area contributed by atoms with Crippen LogP contribution in [0.2, 0.25) is 0 Å². The number of sulfone groups is 1. The summed E-state index contributed by atoms with van der Waals surface area (Å²) in [6.07, 6.45) is 0.448. The van der Waals surface area contributed by atoms with Gasteiger partial charge in [0.15, 0.2) is 9.84 Å². The summed E-state index contributed by atoms with van der Waals surface area (Å²) >= 11 is 3.25. The fourth-order valence-corrected chi connectivity index (χ4v) is 4.42. The number of halogens is 1. The molecule has 2 N–H and O–H groups in total. The topological polar surface area (TPSA) is 69.4 Å². The minimum Gasteiger partial charge on any atom is -0.497 e. The Hall–Kier alpha value is -1.53. The number of hydrogen-bond acceptors (Lipinski definition) is 4. The van der Waals surface area contributed by atoms with E-state index in [0.29, 0.717) is 16.6 Å². The fourth-order valence-electron chi connectivity index (χ4n) is 1.92. The van der Waals surface area contributed by atoms with Gasteiger partial charge in [-0.25, -0.2) is 8.42 Å². The number of anilines is 1. The van der Waals surface area contributed by atoms with E-state index in [1.807, 2.05) is 24.3 Å². The first-order chi connectivity index (χ1) is 9.92. The molecule has 0 heterocycles. The highest BCUT2D eigenvalue weighted by Crippen LogP contribution is 2.25. The second-order valence-corrected chi connectivity index (χ2v) is 7.54. The quantitative estimate of drug-likeness (QED) is 0.822. The van der Waals surface area contributed by atoms with Gasteiger partial charge < -0.3 is 10.5 Å². The van der Waals surface area contributed by atoms with Crippen molar-refractivity contribution in [2.24, 2.45) is 0 Å². The normalized spacial score (nSPS) is 11.3. The van der Waals surface area contributed by atoms with Gasteiger partial charge in [-0.1, -0.05) is 12.1 Å². The molecule has 0 aliphatic rings. The number of benzene rings is 2. The monoisotopic (exact) mass is 369 g/mol. The van der Waals surface area contributed by atoms with Crippen molar-refractivity contribution in [1.29, 1.82) is 0 Å². The third-order valence-corrected chi connectivity index (χ3v) is 5.80. The van der Waals surface area contributed by atoms with Crippen molar-refractivity contribution in [2.75, 3.05) is 18.6 Å². The van der Waals surface area contributed by atoms with Gasteiger partial charge in [0.05, 0.1) is 17.8 Å². The number of nitrogens with two attached hydrogens (primary N) is 1. The fraction of sp³-hybridized carbons (Fsp3) is 0.200. The SMILES string of the molecule is COc1ccc(CCS(=O)(=O)c2ccc(N)cc2Br)cc1. The number of methoxy groups -OCH3 is 1. The van der Waals surface area contributed by atoms with Gasteiger partial charge in [0.25, 0.3) is 0 Å². The van der Waals surface area contributed by atoms with Crippen molar-refractivity contribution in [2.45, 2.75) is 11.3 Å².